The SMILES string of the molecule is CNC1(C#N)CCC(n2cc(C(F)(F)F)cn2)C1. The highest BCUT2D eigenvalue weighted by molar-refractivity contribution is 5.14. The summed E-state index contributed by atoms with van der Waals surface area (Å²) in [6, 6.07) is 2.03. The first kappa shape index (κ1) is 12.9. The molecule has 1 aromatic rings. The molecule has 1 saturated carbocycles. The topological polar surface area (TPSA) is 53.6 Å². The molecule has 0 aromatic carbocycles. The van der Waals surface area contributed by atoms with E-state index >= 15 is 0 Å². The van der Waals surface area contributed by atoms with Gasteiger partial charge < -0.3 is 5.32 Å². The van der Waals surface area contributed by atoms with Crippen LogP contribution < -0.4 is 5.32 Å². The van der Waals surface area contributed by atoms with Crippen LogP contribution in [-0.2, 0) is 6.18 Å². The molecule has 0 amide bonds. The van der Waals surface area contributed by atoms with Crippen LogP contribution in [0.3, 0.4) is 0 Å². The van der Waals surface area contributed by atoms with Crippen molar-refractivity contribution in [3.63, 3.8) is 0 Å². The Morgan fingerprint density at radius 3 is 2.78 bits per heavy atom. The van der Waals surface area contributed by atoms with E-state index < -0.39 is 17.3 Å². The van der Waals surface area contributed by atoms with Gasteiger partial charge in [-0.2, -0.15) is 23.5 Å². The van der Waals surface area contributed by atoms with Crippen LogP contribution in [0.1, 0.15) is 30.9 Å². The van der Waals surface area contributed by atoms with Crippen molar-refractivity contribution in [2.45, 2.75) is 37.0 Å². The number of nitrogens with one attached hydrogen (secondary N) is 1. The Morgan fingerprint density at radius 1 is 1.61 bits per heavy atom. The van der Waals surface area contributed by atoms with E-state index in [0.29, 0.717) is 19.3 Å². The van der Waals surface area contributed by atoms with Gasteiger partial charge in [0.2, 0.25) is 0 Å². The highest BCUT2D eigenvalue weighted by Gasteiger charge is 2.40. The van der Waals surface area contributed by atoms with Gasteiger partial charge in [0.25, 0.3) is 0 Å². The number of hydrogen-bond donors (Lipinski definition) is 1. The molecule has 2 unspecified atom stereocenters. The summed E-state index contributed by atoms with van der Waals surface area (Å²) < 4.78 is 38.7. The second-order valence-electron chi connectivity index (χ2n) is 4.55. The molecule has 1 aliphatic rings. The van der Waals surface area contributed by atoms with Crippen molar-refractivity contribution < 1.29 is 13.2 Å². The molecule has 0 radical (unpaired) electrons. The molecule has 7 heteroatoms. The standard InChI is InChI=1S/C11H13F3N4/c1-16-10(7-15)3-2-9(4-10)18-6-8(5-17-18)11(12,13)14/h5-6,9,16H,2-4H2,1H3. The summed E-state index contributed by atoms with van der Waals surface area (Å²) in [4.78, 5) is 0. The van der Waals surface area contributed by atoms with Crippen molar-refractivity contribution in [1.82, 2.24) is 15.1 Å². The third-order valence-corrected chi connectivity index (χ3v) is 3.48. The normalized spacial score (nSPS) is 28.3. The molecular weight excluding hydrogens is 245 g/mol. The van der Waals surface area contributed by atoms with Crippen LogP contribution in [0.2, 0.25) is 0 Å². The minimum atomic E-state index is -4.37. The zero-order valence-electron chi connectivity index (χ0n) is 9.83. The maximum Gasteiger partial charge on any atom is 0.419 e. The van der Waals surface area contributed by atoms with Gasteiger partial charge >= 0.3 is 6.18 Å². The first-order valence-corrected chi connectivity index (χ1v) is 5.62. The van der Waals surface area contributed by atoms with Gasteiger partial charge in [-0.25, -0.2) is 0 Å². The number of nitriles is 1. The van der Waals surface area contributed by atoms with Gasteiger partial charge in [0, 0.05) is 12.6 Å². The van der Waals surface area contributed by atoms with Crippen LogP contribution in [0, 0.1) is 11.3 Å². The van der Waals surface area contributed by atoms with Gasteiger partial charge in [-0.15, -0.1) is 0 Å². The number of halogens is 3. The fraction of sp³-hybridized carbons (Fsp3) is 0.636. The second kappa shape index (κ2) is 4.28. The number of aromatic nitrogens is 2. The van der Waals surface area contributed by atoms with Gasteiger partial charge in [0.05, 0.1) is 23.9 Å². The Labute approximate surface area is 102 Å². The summed E-state index contributed by atoms with van der Waals surface area (Å²) in [6.45, 7) is 0. The van der Waals surface area contributed by atoms with Crippen molar-refractivity contribution in [2.75, 3.05) is 7.05 Å². The highest BCUT2D eigenvalue weighted by Crippen LogP contribution is 2.38. The average molecular weight is 258 g/mol. The maximum absolute atomic E-state index is 12.5. The molecule has 0 saturated heterocycles. The van der Waals surface area contributed by atoms with Crippen LogP contribution in [0.25, 0.3) is 0 Å². The van der Waals surface area contributed by atoms with Crippen LogP contribution in [0.15, 0.2) is 12.4 Å². The molecule has 18 heavy (non-hydrogen) atoms. The van der Waals surface area contributed by atoms with Crippen LogP contribution in [0.4, 0.5) is 13.2 Å². The molecule has 2 atom stereocenters. The summed E-state index contributed by atoms with van der Waals surface area (Å²) in [6.07, 6.45) is -0.802. The zero-order chi connectivity index (χ0) is 13.4. The molecule has 1 aromatic heterocycles. The van der Waals surface area contributed by atoms with Crippen molar-refractivity contribution >= 4 is 0 Å². The molecule has 1 N–H and O–H groups in total. The minimum Gasteiger partial charge on any atom is -0.302 e. The smallest absolute Gasteiger partial charge is 0.302 e. The van der Waals surface area contributed by atoms with Crippen molar-refractivity contribution in [1.29, 1.82) is 5.26 Å². The third-order valence-electron chi connectivity index (χ3n) is 3.48. The molecule has 4 nitrogen and oxygen atoms in total. The quantitative estimate of drug-likeness (QED) is 0.883. The fourth-order valence-electron chi connectivity index (χ4n) is 2.31. The van der Waals surface area contributed by atoms with Gasteiger partial charge in [-0.05, 0) is 19.9 Å². The first-order valence-electron chi connectivity index (χ1n) is 5.62. The molecule has 0 spiro atoms. The number of rotatable bonds is 2. The van der Waals surface area contributed by atoms with E-state index in [0.717, 1.165) is 12.4 Å². The van der Waals surface area contributed by atoms with Crippen molar-refractivity contribution in [2.24, 2.45) is 0 Å². The Hall–Kier alpha value is -1.55. The molecular formula is C11H13F3N4. The van der Waals surface area contributed by atoms with Crippen molar-refractivity contribution in [3.05, 3.63) is 18.0 Å². The predicted molar refractivity (Wildman–Crippen MR) is 57.5 cm³/mol. The molecule has 0 aliphatic heterocycles. The zero-order valence-corrected chi connectivity index (χ0v) is 9.83. The fourth-order valence-corrected chi connectivity index (χ4v) is 2.31. The lowest BCUT2D eigenvalue weighted by atomic mass is 10.0. The van der Waals surface area contributed by atoms with E-state index in [2.05, 4.69) is 16.5 Å². The summed E-state index contributed by atoms with van der Waals surface area (Å²) in [5, 5.41) is 15.8. The van der Waals surface area contributed by atoms with E-state index in [1.54, 1.807) is 7.05 Å². The minimum absolute atomic E-state index is 0.159. The Kier molecular flexibility index (Phi) is 3.07. The predicted octanol–water partition coefficient (Wildman–Crippen LogP) is 2.11. The average Bonchev–Trinajstić information content (AvgIpc) is 2.95. The van der Waals surface area contributed by atoms with Gasteiger partial charge in [-0.1, -0.05) is 0 Å². The third kappa shape index (κ3) is 2.20. The van der Waals surface area contributed by atoms with Gasteiger partial charge in [0.1, 0.15) is 5.54 Å². The van der Waals surface area contributed by atoms with E-state index in [1.807, 2.05) is 0 Å². The Balaban J connectivity index is 2.16. The van der Waals surface area contributed by atoms with Crippen LogP contribution in [-0.4, -0.2) is 22.4 Å². The number of hydrogen-bond acceptors (Lipinski definition) is 3. The lowest BCUT2D eigenvalue weighted by Gasteiger charge is -2.19. The van der Waals surface area contributed by atoms with Crippen molar-refractivity contribution in [3.8, 4) is 6.07 Å². The summed E-state index contributed by atoms with van der Waals surface area (Å²) in [5.74, 6) is 0. The van der Waals surface area contributed by atoms with Gasteiger partial charge in [-0.3, -0.25) is 4.68 Å². The van der Waals surface area contributed by atoms with E-state index in [1.165, 1.54) is 4.68 Å². The molecule has 1 fully saturated rings. The van der Waals surface area contributed by atoms with E-state index in [4.69, 9.17) is 5.26 Å². The molecule has 0 bridgehead atoms. The summed E-state index contributed by atoms with van der Waals surface area (Å²) in [5.41, 5.74) is -1.39. The molecule has 98 valence electrons. The monoisotopic (exact) mass is 258 g/mol. The lowest BCUT2D eigenvalue weighted by Crippen LogP contribution is -2.38. The largest absolute Gasteiger partial charge is 0.419 e. The van der Waals surface area contributed by atoms with E-state index in [-0.39, 0.29) is 6.04 Å². The van der Waals surface area contributed by atoms with Crippen LogP contribution in [0.5, 0.6) is 0 Å². The molecule has 1 aliphatic carbocycles. The van der Waals surface area contributed by atoms with Gasteiger partial charge in [0.15, 0.2) is 0 Å². The Bertz CT molecular complexity index is 473. The first-order chi connectivity index (χ1) is 8.40. The maximum atomic E-state index is 12.5. The highest BCUT2D eigenvalue weighted by atomic mass is 19.4. The van der Waals surface area contributed by atoms with E-state index in [9.17, 15) is 13.2 Å². The number of alkyl halides is 3. The number of nitrogens with zero attached hydrogens (tertiary/aromatic N) is 3. The summed E-state index contributed by atoms with van der Waals surface area (Å²) in [7, 11) is 1.69. The van der Waals surface area contributed by atoms with Crippen LogP contribution >= 0.6 is 0 Å². The lowest BCUT2D eigenvalue weighted by molar-refractivity contribution is -0.137. The second-order valence-corrected chi connectivity index (χ2v) is 4.55. The Morgan fingerprint density at radius 2 is 2.33 bits per heavy atom. The summed E-state index contributed by atoms with van der Waals surface area (Å²) >= 11 is 0. The molecule has 2 rings (SSSR count). The molecule has 1 heterocycles.